The van der Waals surface area contributed by atoms with Crippen LogP contribution in [0.3, 0.4) is 0 Å². The SMILES string of the molecule is O=C1N/C(=C\c2cc(Br)c(Br)o2)C(=O)N1Cc1ccccc1F. The predicted molar refractivity (Wildman–Crippen MR) is 87.6 cm³/mol. The number of furan rings is 1. The highest BCUT2D eigenvalue weighted by Gasteiger charge is 2.34. The third-order valence-electron chi connectivity index (χ3n) is 3.20. The van der Waals surface area contributed by atoms with E-state index in [1.54, 1.807) is 18.2 Å². The molecule has 1 saturated heterocycles. The van der Waals surface area contributed by atoms with E-state index in [-0.39, 0.29) is 17.8 Å². The van der Waals surface area contributed by atoms with Crippen molar-refractivity contribution < 1.29 is 18.4 Å². The van der Waals surface area contributed by atoms with Crippen molar-refractivity contribution in [3.63, 3.8) is 0 Å². The highest BCUT2D eigenvalue weighted by Crippen LogP contribution is 2.28. The zero-order valence-corrected chi connectivity index (χ0v) is 14.6. The molecule has 1 N–H and O–H groups in total. The molecule has 3 amide bonds. The van der Waals surface area contributed by atoms with Gasteiger partial charge in [0.25, 0.3) is 5.91 Å². The van der Waals surface area contributed by atoms with E-state index in [9.17, 15) is 14.0 Å². The van der Waals surface area contributed by atoms with Crippen molar-refractivity contribution in [1.82, 2.24) is 10.2 Å². The highest BCUT2D eigenvalue weighted by atomic mass is 79.9. The van der Waals surface area contributed by atoms with Gasteiger partial charge in [0.2, 0.25) is 0 Å². The van der Waals surface area contributed by atoms with Crippen LogP contribution < -0.4 is 5.32 Å². The van der Waals surface area contributed by atoms with Crippen LogP contribution in [0.5, 0.6) is 0 Å². The van der Waals surface area contributed by atoms with Crippen LogP contribution in [0.25, 0.3) is 6.08 Å². The molecule has 118 valence electrons. The van der Waals surface area contributed by atoms with E-state index < -0.39 is 17.8 Å². The van der Waals surface area contributed by atoms with Crippen LogP contribution in [-0.2, 0) is 11.3 Å². The first-order chi connectivity index (χ1) is 11.0. The van der Waals surface area contributed by atoms with Crippen LogP contribution in [0.15, 0.2) is 49.6 Å². The second-order valence-electron chi connectivity index (χ2n) is 4.74. The summed E-state index contributed by atoms with van der Waals surface area (Å²) in [4.78, 5) is 25.2. The maximum Gasteiger partial charge on any atom is 0.329 e. The average molecular weight is 444 g/mol. The number of carbonyl (C=O) groups is 2. The fraction of sp³-hybridized carbons (Fsp3) is 0.0667. The van der Waals surface area contributed by atoms with Crippen molar-refractivity contribution in [2.75, 3.05) is 0 Å². The molecular formula is C15H9Br2FN2O3. The predicted octanol–water partition coefficient (Wildman–Crippen LogP) is 4.04. The van der Waals surface area contributed by atoms with Gasteiger partial charge in [-0.25, -0.2) is 9.18 Å². The molecule has 3 rings (SSSR count). The molecule has 0 unspecified atom stereocenters. The number of urea groups is 1. The van der Waals surface area contributed by atoms with Crippen LogP contribution in [-0.4, -0.2) is 16.8 Å². The van der Waals surface area contributed by atoms with E-state index in [2.05, 4.69) is 37.2 Å². The van der Waals surface area contributed by atoms with Crippen molar-refractivity contribution >= 4 is 49.9 Å². The van der Waals surface area contributed by atoms with Crippen molar-refractivity contribution in [2.24, 2.45) is 0 Å². The lowest BCUT2D eigenvalue weighted by molar-refractivity contribution is -0.123. The molecule has 0 atom stereocenters. The number of amides is 3. The lowest BCUT2D eigenvalue weighted by atomic mass is 10.2. The van der Waals surface area contributed by atoms with E-state index in [0.29, 0.717) is 14.9 Å². The number of nitrogens with zero attached hydrogens (tertiary/aromatic N) is 1. The topological polar surface area (TPSA) is 62.6 Å². The van der Waals surface area contributed by atoms with Gasteiger partial charge in [-0.1, -0.05) is 18.2 Å². The monoisotopic (exact) mass is 442 g/mol. The van der Waals surface area contributed by atoms with E-state index in [1.165, 1.54) is 18.2 Å². The molecule has 1 aliphatic heterocycles. The van der Waals surface area contributed by atoms with Crippen molar-refractivity contribution in [1.29, 1.82) is 0 Å². The minimum atomic E-state index is -0.603. The molecule has 0 saturated carbocycles. The number of imide groups is 1. The molecule has 0 radical (unpaired) electrons. The zero-order chi connectivity index (χ0) is 16.6. The number of hydrogen-bond donors (Lipinski definition) is 1. The standard InChI is InChI=1S/C15H9Br2FN2O3/c16-10-5-9(23-13(10)17)6-12-14(21)20(15(22)19-12)7-8-3-1-2-4-11(8)18/h1-6H,7H2,(H,19,22)/b12-6-. The number of carbonyl (C=O) groups excluding carboxylic acids is 2. The zero-order valence-electron chi connectivity index (χ0n) is 11.5. The van der Waals surface area contributed by atoms with Gasteiger partial charge in [-0.05, 0) is 44.0 Å². The van der Waals surface area contributed by atoms with Gasteiger partial charge < -0.3 is 9.73 Å². The summed E-state index contributed by atoms with van der Waals surface area (Å²) in [6.07, 6.45) is 1.41. The average Bonchev–Trinajstić information content (AvgIpc) is 2.95. The van der Waals surface area contributed by atoms with E-state index in [0.717, 1.165) is 4.90 Å². The Morgan fingerprint density at radius 1 is 1.26 bits per heavy atom. The fourth-order valence-corrected chi connectivity index (χ4v) is 2.70. The summed E-state index contributed by atoms with van der Waals surface area (Å²) in [5.74, 6) is -0.619. The Labute approximate surface area is 147 Å². The molecular weight excluding hydrogens is 435 g/mol. The van der Waals surface area contributed by atoms with Gasteiger partial charge in [0.1, 0.15) is 17.3 Å². The van der Waals surface area contributed by atoms with Gasteiger partial charge in [-0.15, -0.1) is 0 Å². The Morgan fingerprint density at radius 2 is 2.00 bits per heavy atom. The molecule has 0 spiro atoms. The van der Waals surface area contributed by atoms with Crippen LogP contribution >= 0.6 is 31.9 Å². The number of benzene rings is 1. The Hall–Kier alpha value is -1.93. The second-order valence-corrected chi connectivity index (χ2v) is 6.32. The Kier molecular flexibility index (Phi) is 4.36. The second kappa shape index (κ2) is 6.29. The Balaban J connectivity index is 1.84. The summed E-state index contributed by atoms with van der Waals surface area (Å²) in [7, 11) is 0. The van der Waals surface area contributed by atoms with Gasteiger partial charge in [0.05, 0.1) is 11.0 Å². The maximum absolute atomic E-state index is 13.7. The molecule has 2 heterocycles. The first kappa shape index (κ1) is 15.9. The molecule has 1 aliphatic rings. The number of hydrogen-bond acceptors (Lipinski definition) is 3. The first-order valence-electron chi connectivity index (χ1n) is 6.48. The van der Waals surface area contributed by atoms with Crippen LogP contribution in [0.1, 0.15) is 11.3 Å². The molecule has 1 fully saturated rings. The summed E-state index contributed by atoms with van der Waals surface area (Å²) in [5.41, 5.74) is 0.334. The summed E-state index contributed by atoms with van der Waals surface area (Å²) in [6, 6.07) is 7.04. The molecule has 8 heteroatoms. The summed E-state index contributed by atoms with van der Waals surface area (Å²) in [6.45, 7) is -0.139. The molecule has 1 aromatic heterocycles. The van der Waals surface area contributed by atoms with Crippen molar-refractivity contribution in [2.45, 2.75) is 6.54 Å². The van der Waals surface area contributed by atoms with Gasteiger partial charge in [0.15, 0.2) is 4.67 Å². The maximum atomic E-state index is 13.7. The minimum Gasteiger partial charge on any atom is -0.449 e. The summed E-state index contributed by atoms with van der Waals surface area (Å²) < 4.78 is 20.2. The van der Waals surface area contributed by atoms with Gasteiger partial charge >= 0.3 is 6.03 Å². The van der Waals surface area contributed by atoms with Gasteiger partial charge in [-0.3, -0.25) is 9.69 Å². The smallest absolute Gasteiger partial charge is 0.329 e. The quantitative estimate of drug-likeness (QED) is 0.575. The van der Waals surface area contributed by atoms with Crippen molar-refractivity contribution in [3.8, 4) is 0 Å². The summed E-state index contributed by atoms with van der Waals surface area (Å²) in [5, 5.41) is 2.46. The van der Waals surface area contributed by atoms with E-state index in [1.807, 2.05) is 0 Å². The van der Waals surface area contributed by atoms with E-state index >= 15 is 0 Å². The van der Waals surface area contributed by atoms with Crippen LogP contribution in [0.2, 0.25) is 0 Å². The van der Waals surface area contributed by atoms with Crippen LogP contribution in [0.4, 0.5) is 9.18 Å². The van der Waals surface area contributed by atoms with Gasteiger partial charge in [0, 0.05) is 11.6 Å². The lowest BCUT2D eigenvalue weighted by Gasteiger charge is -2.12. The molecule has 23 heavy (non-hydrogen) atoms. The van der Waals surface area contributed by atoms with Crippen LogP contribution in [0, 0.1) is 5.82 Å². The summed E-state index contributed by atoms with van der Waals surface area (Å²) >= 11 is 6.45. The Bertz CT molecular complexity index is 812. The van der Waals surface area contributed by atoms with Crippen molar-refractivity contribution in [3.05, 3.63) is 62.3 Å². The normalized spacial score (nSPS) is 16.3. The molecule has 1 aromatic carbocycles. The third-order valence-corrected chi connectivity index (χ3v) is 4.91. The molecule has 5 nitrogen and oxygen atoms in total. The largest absolute Gasteiger partial charge is 0.449 e. The molecule has 0 aliphatic carbocycles. The number of halogens is 3. The third kappa shape index (κ3) is 3.23. The number of nitrogens with one attached hydrogen (secondary N) is 1. The fourth-order valence-electron chi connectivity index (χ4n) is 2.09. The lowest BCUT2D eigenvalue weighted by Crippen LogP contribution is -2.30. The van der Waals surface area contributed by atoms with E-state index in [4.69, 9.17) is 4.42 Å². The minimum absolute atomic E-state index is 0.0695. The molecule has 0 bridgehead atoms. The Morgan fingerprint density at radius 3 is 2.65 bits per heavy atom. The highest BCUT2D eigenvalue weighted by molar-refractivity contribution is 9.13. The number of rotatable bonds is 3. The first-order valence-corrected chi connectivity index (χ1v) is 8.07. The molecule has 2 aromatic rings. The van der Waals surface area contributed by atoms with Gasteiger partial charge in [-0.2, -0.15) is 0 Å².